The minimum atomic E-state index is -3.65. The highest BCUT2D eigenvalue weighted by Crippen LogP contribution is 2.32. The summed E-state index contributed by atoms with van der Waals surface area (Å²) in [6.07, 6.45) is 2.94. The van der Waals surface area contributed by atoms with Gasteiger partial charge in [0.25, 0.3) is 0 Å². The van der Waals surface area contributed by atoms with Crippen molar-refractivity contribution in [2.24, 2.45) is 11.7 Å². The molecule has 202 valence electrons. The number of hydrogen-bond donors (Lipinski definition) is 2. The van der Waals surface area contributed by atoms with Crippen molar-refractivity contribution >= 4 is 21.7 Å². The molecule has 39 heavy (non-hydrogen) atoms. The lowest BCUT2D eigenvalue weighted by atomic mass is 9.86. The van der Waals surface area contributed by atoms with Gasteiger partial charge in [0.1, 0.15) is 11.6 Å². The van der Waals surface area contributed by atoms with Gasteiger partial charge in [-0.2, -0.15) is 4.31 Å². The Morgan fingerprint density at radius 3 is 2.28 bits per heavy atom. The largest absolute Gasteiger partial charge is 0.497 e. The summed E-state index contributed by atoms with van der Waals surface area (Å²) in [6, 6.07) is 21.9. The van der Waals surface area contributed by atoms with Crippen LogP contribution >= 0.6 is 0 Å². The highest BCUT2D eigenvalue weighted by atomic mass is 32.2. The lowest BCUT2D eigenvalue weighted by Gasteiger charge is -2.34. The van der Waals surface area contributed by atoms with Crippen LogP contribution in [0.3, 0.4) is 0 Å². The fourth-order valence-electron chi connectivity index (χ4n) is 4.76. The van der Waals surface area contributed by atoms with Gasteiger partial charge in [0.15, 0.2) is 0 Å². The molecular formula is C29H30FN5O3S. The maximum atomic E-state index is 13.3. The normalized spacial score (nSPS) is 15.6. The van der Waals surface area contributed by atoms with Gasteiger partial charge in [-0.15, -0.1) is 0 Å². The van der Waals surface area contributed by atoms with Gasteiger partial charge >= 0.3 is 0 Å². The number of rotatable bonds is 8. The van der Waals surface area contributed by atoms with Crippen molar-refractivity contribution in [2.45, 2.75) is 23.8 Å². The summed E-state index contributed by atoms with van der Waals surface area (Å²) in [5.74, 6) is 0.988. The molecule has 0 saturated carbocycles. The van der Waals surface area contributed by atoms with E-state index in [1.54, 1.807) is 49.7 Å². The molecule has 1 aliphatic heterocycles. The topological polar surface area (TPSA) is 110 Å². The molecule has 1 atom stereocenters. The van der Waals surface area contributed by atoms with Gasteiger partial charge < -0.3 is 15.8 Å². The van der Waals surface area contributed by atoms with Crippen molar-refractivity contribution < 1.29 is 17.5 Å². The van der Waals surface area contributed by atoms with Crippen molar-refractivity contribution in [3.8, 4) is 17.0 Å². The Hall–Kier alpha value is -3.86. The maximum absolute atomic E-state index is 13.3. The van der Waals surface area contributed by atoms with Crippen molar-refractivity contribution in [3.05, 3.63) is 96.4 Å². The van der Waals surface area contributed by atoms with E-state index in [-0.39, 0.29) is 22.7 Å². The molecule has 2 heterocycles. The summed E-state index contributed by atoms with van der Waals surface area (Å²) < 4.78 is 46.5. The van der Waals surface area contributed by atoms with Crippen LogP contribution in [0.25, 0.3) is 11.3 Å². The van der Waals surface area contributed by atoms with Crippen LogP contribution in [-0.2, 0) is 10.0 Å². The van der Waals surface area contributed by atoms with Crippen LogP contribution in [0.4, 0.5) is 16.0 Å². The average Bonchev–Trinajstić information content (AvgIpc) is 2.98. The highest BCUT2D eigenvalue weighted by molar-refractivity contribution is 7.89. The van der Waals surface area contributed by atoms with Crippen LogP contribution in [0, 0.1) is 11.7 Å². The Morgan fingerprint density at radius 2 is 1.64 bits per heavy atom. The standard InChI is InChI=1S/C29H30FN5O3S/c1-38-25-10-4-20(5-11-25)27-14-17-32-29(34-27)33-24-8-12-26(13-9-24)39(36,37)35-18-15-22(16-19-35)28(31)21-2-6-23(30)7-3-21/h2-14,17,22,28H,15-16,18-19,31H2,1H3,(H,32,33,34)/t28-/m0/s1. The summed E-state index contributed by atoms with van der Waals surface area (Å²) in [5, 5.41) is 3.14. The molecule has 8 nitrogen and oxygen atoms in total. The second kappa shape index (κ2) is 11.5. The molecule has 1 fully saturated rings. The van der Waals surface area contributed by atoms with Crippen LogP contribution in [0.5, 0.6) is 5.75 Å². The molecule has 5 rings (SSSR count). The third-order valence-corrected chi connectivity index (χ3v) is 8.96. The zero-order valence-electron chi connectivity index (χ0n) is 21.5. The van der Waals surface area contributed by atoms with Crippen molar-refractivity contribution in [2.75, 3.05) is 25.5 Å². The number of sulfonamides is 1. The molecule has 3 aromatic carbocycles. The molecule has 1 saturated heterocycles. The lowest BCUT2D eigenvalue weighted by molar-refractivity contribution is 0.245. The number of hydrogen-bond acceptors (Lipinski definition) is 7. The quantitative estimate of drug-likeness (QED) is 0.314. The zero-order valence-corrected chi connectivity index (χ0v) is 22.3. The van der Waals surface area contributed by atoms with E-state index in [0.717, 1.165) is 22.6 Å². The molecule has 1 aliphatic rings. The van der Waals surface area contributed by atoms with Crippen LogP contribution in [0.2, 0.25) is 0 Å². The van der Waals surface area contributed by atoms with Gasteiger partial charge in [0.05, 0.1) is 17.7 Å². The molecule has 10 heteroatoms. The number of ether oxygens (including phenoxy) is 1. The first kappa shape index (κ1) is 26.7. The minimum Gasteiger partial charge on any atom is -0.497 e. The Morgan fingerprint density at radius 1 is 0.974 bits per heavy atom. The number of benzene rings is 3. The molecule has 0 amide bonds. The van der Waals surface area contributed by atoms with Gasteiger partial charge in [-0.05, 0) is 91.1 Å². The smallest absolute Gasteiger partial charge is 0.243 e. The first-order valence-corrected chi connectivity index (χ1v) is 14.1. The Kier molecular flexibility index (Phi) is 7.87. The highest BCUT2D eigenvalue weighted by Gasteiger charge is 2.32. The van der Waals surface area contributed by atoms with E-state index in [1.807, 2.05) is 30.3 Å². The third kappa shape index (κ3) is 6.08. The van der Waals surface area contributed by atoms with E-state index < -0.39 is 10.0 Å². The molecule has 0 bridgehead atoms. The summed E-state index contributed by atoms with van der Waals surface area (Å²) >= 11 is 0. The number of halogens is 1. The molecule has 0 radical (unpaired) electrons. The molecule has 3 N–H and O–H groups in total. The molecule has 0 unspecified atom stereocenters. The summed E-state index contributed by atoms with van der Waals surface area (Å²) in [6.45, 7) is 0.766. The Labute approximate surface area is 227 Å². The molecular weight excluding hydrogens is 517 g/mol. The lowest BCUT2D eigenvalue weighted by Crippen LogP contribution is -2.40. The van der Waals surface area contributed by atoms with Crippen LogP contribution in [-0.4, -0.2) is 42.9 Å². The SMILES string of the molecule is COc1ccc(-c2ccnc(Nc3ccc(S(=O)(=O)N4CCC([C@@H](N)c5ccc(F)cc5)CC4)cc3)n2)cc1. The molecule has 0 spiro atoms. The average molecular weight is 548 g/mol. The van der Waals surface area contributed by atoms with Gasteiger partial charge in [-0.1, -0.05) is 12.1 Å². The predicted octanol–water partition coefficient (Wildman–Crippen LogP) is 5.14. The fourth-order valence-corrected chi connectivity index (χ4v) is 6.23. The van der Waals surface area contributed by atoms with E-state index in [0.29, 0.717) is 37.6 Å². The van der Waals surface area contributed by atoms with Crippen LogP contribution in [0.1, 0.15) is 24.4 Å². The molecule has 1 aromatic heterocycles. The second-order valence-corrected chi connectivity index (χ2v) is 11.4. The van der Waals surface area contributed by atoms with Gasteiger partial charge in [0, 0.05) is 36.6 Å². The molecule has 4 aromatic rings. The number of piperidine rings is 1. The van der Waals surface area contributed by atoms with Crippen LogP contribution in [0.15, 0.2) is 90.0 Å². The Balaban J connectivity index is 1.21. The first-order valence-electron chi connectivity index (χ1n) is 12.7. The van der Waals surface area contributed by atoms with E-state index in [2.05, 4.69) is 15.3 Å². The number of methoxy groups -OCH3 is 1. The summed E-state index contributed by atoms with van der Waals surface area (Å²) in [7, 11) is -2.03. The van der Waals surface area contributed by atoms with Crippen molar-refractivity contribution in [3.63, 3.8) is 0 Å². The van der Waals surface area contributed by atoms with Gasteiger partial charge in [-0.25, -0.2) is 22.8 Å². The summed E-state index contributed by atoms with van der Waals surface area (Å²) in [4.78, 5) is 9.08. The zero-order chi connectivity index (χ0) is 27.4. The van der Waals surface area contributed by atoms with E-state index >= 15 is 0 Å². The van der Waals surface area contributed by atoms with Crippen molar-refractivity contribution in [1.82, 2.24) is 14.3 Å². The number of nitrogens with zero attached hydrogens (tertiary/aromatic N) is 3. The Bertz CT molecular complexity index is 1510. The van der Waals surface area contributed by atoms with Gasteiger partial charge in [0.2, 0.25) is 16.0 Å². The first-order chi connectivity index (χ1) is 18.8. The van der Waals surface area contributed by atoms with E-state index in [4.69, 9.17) is 10.5 Å². The van der Waals surface area contributed by atoms with Crippen LogP contribution < -0.4 is 15.8 Å². The van der Waals surface area contributed by atoms with Gasteiger partial charge in [-0.3, -0.25) is 0 Å². The van der Waals surface area contributed by atoms with E-state index in [1.165, 1.54) is 16.4 Å². The maximum Gasteiger partial charge on any atom is 0.243 e. The monoisotopic (exact) mass is 547 g/mol. The number of anilines is 2. The summed E-state index contributed by atoms with van der Waals surface area (Å²) in [5.41, 5.74) is 9.61. The number of nitrogens with two attached hydrogens (primary N) is 1. The fraction of sp³-hybridized carbons (Fsp3) is 0.241. The van der Waals surface area contributed by atoms with Crippen molar-refractivity contribution in [1.29, 1.82) is 0 Å². The second-order valence-electron chi connectivity index (χ2n) is 9.46. The predicted molar refractivity (Wildman–Crippen MR) is 149 cm³/mol. The minimum absolute atomic E-state index is 0.127. The van der Waals surface area contributed by atoms with E-state index in [9.17, 15) is 12.8 Å². The number of nitrogens with one attached hydrogen (secondary N) is 1. The molecule has 0 aliphatic carbocycles. The third-order valence-electron chi connectivity index (χ3n) is 7.05. The number of aromatic nitrogens is 2.